The Morgan fingerprint density at radius 3 is 2.71 bits per heavy atom. The van der Waals surface area contributed by atoms with Crippen LogP contribution < -0.4 is 0 Å². The number of aromatic nitrogens is 2. The molecule has 1 aromatic heterocycles. The van der Waals surface area contributed by atoms with E-state index in [-0.39, 0.29) is 6.61 Å². The zero-order valence-corrected chi connectivity index (χ0v) is 10.7. The van der Waals surface area contributed by atoms with Gasteiger partial charge in [-0.05, 0) is 12.5 Å². The lowest BCUT2D eigenvalue weighted by Gasteiger charge is -2.08. The predicted octanol–water partition coefficient (Wildman–Crippen LogP) is 2.58. The third-order valence-electron chi connectivity index (χ3n) is 2.88. The molecule has 0 radical (unpaired) electrons. The fraction of sp³-hybridized carbons (Fsp3) is 0.308. The van der Waals surface area contributed by atoms with Crippen molar-refractivity contribution in [3.05, 3.63) is 40.8 Å². The molecule has 1 aromatic carbocycles. The Balaban J connectivity index is 2.56. The molecule has 3 nitrogen and oxygen atoms in total. The summed E-state index contributed by atoms with van der Waals surface area (Å²) in [5, 5.41) is 9.46. The van der Waals surface area contributed by atoms with Gasteiger partial charge in [-0.15, -0.1) is 0 Å². The summed E-state index contributed by atoms with van der Waals surface area (Å²) >= 11 is 6.18. The average molecular weight is 251 g/mol. The number of imidazole rings is 1. The standard InChI is InChI=1S/C13H15ClN2O/c1-9-5-3-4-6-10(9)12-13(14)15-11(7-8-17)16(12)2/h3-6,17H,7-8H2,1-2H3. The van der Waals surface area contributed by atoms with E-state index in [0.717, 1.165) is 22.6 Å². The first kappa shape index (κ1) is 12.1. The van der Waals surface area contributed by atoms with E-state index in [1.807, 2.05) is 42.8 Å². The maximum Gasteiger partial charge on any atom is 0.155 e. The normalized spacial score (nSPS) is 10.8. The van der Waals surface area contributed by atoms with Gasteiger partial charge in [0.2, 0.25) is 0 Å². The Morgan fingerprint density at radius 1 is 1.35 bits per heavy atom. The molecule has 1 heterocycles. The summed E-state index contributed by atoms with van der Waals surface area (Å²) in [6.45, 7) is 2.12. The minimum Gasteiger partial charge on any atom is -0.396 e. The number of hydrogen-bond acceptors (Lipinski definition) is 2. The molecule has 0 fully saturated rings. The van der Waals surface area contributed by atoms with Crippen molar-refractivity contribution in [3.63, 3.8) is 0 Å². The highest BCUT2D eigenvalue weighted by Gasteiger charge is 2.15. The van der Waals surface area contributed by atoms with Crippen LogP contribution in [-0.2, 0) is 13.5 Å². The van der Waals surface area contributed by atoms with E-state index in [9.17, 15) is 0 Å². The van der Waals surface area contributed by atoms with Gasteiger partial charge in [-0.25, -0.2) is 4.98 Å². The lowest BCUT2D eigenvalue weighted by molar-refractivity contribution is 0.295. The number of hydrogen-bond donors (Lipinski definition) is 1. The number of aryl methyl sites for hydroxylation is 1. The van der Waals surface area contributed by atoms with Crippen molar-refractivity contribution in [1.29, 1.82) is 0 Å². The molecule has 0 saturated carbocycles. The summed E-state index contributed by atoms with van der Waals surface area (Å²) in [6, 6.07) is 8.06. The third kappa shape index (κ3) is 2.21. The van der Waals surface area contributed by atoms with Gasteiger partial charge in [0, 0.05) is 19.0 Å². The van der Waals surface area contributed by atoms with Crippen molar-refractivity contribution in [2.75, 3.05) is 6.61 Å². The van der Waals surface area contributed by atoms with Crippen LogP contribution >= 0.6 is 11.6 Å². The first-order valence-corrected chi connectivity index (χ1v) is 5.91. The number of aliphatic hydroxyl groups excluding tert-OH is 1. The lowest BCUT2D eigenvalue weighted by atomic mass is 10.1. The Hall–Kier alpha value is -1.32. The van der Waals surface area contributed by atoms with Crippen molar-refractivity contribution in [2.45, 2.75) is 13.3 Å². The largest absolute Gasteiger partial charge is 0.396 e. The molecular formula is C13H15ClN2O. The van der Waals surface area contributed by atoms with Crippen molar-refractivity contribution in [3.8, 4) is 11.3 Å². The summed E-state index contributed by atoms with van der Waals surface area (Å²) in [4.78, 5) is 4.29. The molecule has 0 aliphatic carbocycles. The van der Waals surface area contributed by atoms with Crippen LogP contribution in [0.5, 0.6) is 0 Å². The molecule has 90 valence electrons. The third-order valence-corrected chi connectivity index (χ3v) is 3.14. The van der Waals surface area contributed by atoms with Gasteiger partial charge in [0.05, 0.1) is 12.3 Å². The average Bonchev–Trinajstić information content (AvgIpc) is 2.57. The number of halogens is 1. The number of rotatable bonds is 3. The van der Waals surface area contributed by atoms with E-state index in [2.05, 4.69) is 4.98 Å². The molecule has 0 atom stereocenters. The second-order valence-electron chi connectivity index (χ2n) is 4.01. The molecular weight excluding hydrogens is 236 g/mol. The van der Waals surface area contributed by atoms with Crippen molar-refractivity contribution < 1.29 is 5.11 Å². The molecule has 17 heavy (non-hydrogen) atoms. The zero-order valence-electron chi connectivity index (χ0n) is 9.94. The van der Waals surface area contributed by atoms with E-state index in [4.69, 9.17) is 16.7 Å². The molecule has 1 N–H and O–H groups in total. The fourth-order valence-electron chi connectivity index (χ4n) is 1.96. The molecule has 2 rings (SSSR count). The Labute approximate surface area is 106 Å². The van der Waals surface area contributed by atoms with Crippen LogP contribution in [0.25, 0.3) is 11.3 Å². The molecule has 0 saturated heterocycles. The van der Waals surface area contributed by atoms with Gasteiger partial charge >= 0.3 is 0 Å². The molecule has 4 heteroatoms. The van der Waals surface area contributed by atoms with Gasteiger partial charge in [-0.2, -0.15) is 0 Å². The van der Waals surface area contributed by atoms with Crippen molar-refractivity contribution in [1.82, 2.24) is 9.55 Å². The Kier molecular flexibility index (Phi) is 3.50. The first-order chi connectivity index (χ1) is 8.15. The monoisotopic (exact) mass is 250 g/mol. The van der Waals surface area contributed by atoms with E-state index in [1.54, 1.807) is 0 Å². The number of nitrogens with zero attached hydrogens (tertiary/aromatic N) is 2. The van der Waals surface area contributed by atoms with Gasteiger partial charge in [0.25, 0.3) is 0 Å². The molecule has 2 aromatic rings. The second kappa shape index (κ2) is 4.90. The maximum atomic E-state index is 8.97. The van der Waals surface area contributed by atoms with Crippen LogP contribution in [0.4, 0.5) is 0 Å². The lowest BCUT2D eigenvalue weighted by Crippen LogP contribution is -2.02. The summed E-state index contributed by atoms with van der Waals surface area (Å²) in [6.07, 6.45) is 0.516. The fourth-order valence-corrected chi connectivity index (χ4v) is 2.29. The second-order valence-corrected chi connectivity index (χ2v) is 4.37. The summed E-state index contributed by atoms with van der Waals surface area (Å²) in [5.74, 6) is 0.802. The summed E-state index contributed by atoms with van der Waals surface area (Å²) < 4.78 is 1.95. The van der Waals surface area contributed by atoms with Crippen LogP contribution in [0.2, 0.25) is 5.15 Å². The van der Waals surface area contributed by atoms with E-state index < -0.39 is 0 Å². The Morgan fingerprint density at radius 2 is 2.06 bits per heavy atom. The highest BCUT2D eigenvalue weighted by atomic mass is 35.5. The van der Waals surface area contributed by atoms with Gasteiger partial charge in [0.1, 0.15) is 5.82 Å². The summed E-state index contributed by atoms with van der Waals surface area (Å²) in [5.41, 5.74) is 3.15. The summed E-state index contributed by atoms with van der Waals surface area (Å²) in [7, 11) is 1.92. The van der Waals surface area contributed by atoms with Crippen molar-refractivity contribution >= 4 is 11.6 Å². The van der Waals surface area contributed by atoms with Crippen LogP contribution in [-0.4, -0.2) is 21.3 Å². The molecule has 0 amide bonds. The quantitative estimate of drug-likeness (QED) is 0.909. The molecule has 0 bridgehead atoms. The zero-order chi connectivity index (χ0) is 12.4. The smallest absolute Gasteiger partial charge is 0.155 e. The topological polar surface area (TPSA) is 38.1 Å². The van der Waals surface area contributed by atoms with Gasteiger partial charge < -0.3 is 9.67 Å². The SMILES string of the molecule is Cc1ccccc1-c1c(Cl)nc(CCO)n1C. The maximum absolute atomic E-state index is 8.97. The van der Waals surface area contributed by atoms with E-state index in [1.165, 1.54) is 0 Å². The van der Waals surface area contributed by atoms with Gasteiger partial charge in [-0.3, -0.25) is 0 Å². The van der Waals surface area contributed by atoms with Crippen LogP contribution in [0, 0.1) is 6.92 Å². The number of benzene rings is 1. The minimum atomic E-state index is 0.0778. The first-order valence-electron chi connectivity index (χ1n) is 5.53. The molecule has 0 aliphatic rings. The Bertz CT molecular complexity index is 534. The van der Waals surface area contributed by atoms with Crippen molar-refractivity contribution in [2.24, 2.45) is 7.05 Å². The minimum absolute atomic E-state index is 0.0778. The van der Waals surface area contributed by atoms with E-state index in [0.29, 0.717) is 11.6 Å². The highest BCUT2D eigenvalue weighted by molar-refractivity contribution is 6.32. The highest BCUT2D eigenvalue weighted by Crippen LogP contribution is 2.30. The van der Waals surface area contributed by atoms with Crippen LogP contribution in [0.1, 0.15) is 11.4 Å². The predicted molar refractivity (Wildman–Crippen MR) is 69.2 cm³/mol. The van der Waals surface area contributed by atoms with Gasteiger partial charge in [-0.1, -0.05) is 35.9 Å². The van der Waals surface area contributed by atoms with Crippen LogP contribution in [0.15, 0.2) is 24.3 Å². The van der Waals surface area contributed by atoms with Crippen LogP contribution in [0.3, 0.4) is 0 Å². The van der Waals surface area contributed by atoms with E-state index >= 15 is 0 Å². The van der Waals surface area contributed by atoms with Gasteiger partial charge in [0.15, 0.2) is 5.15 Å². The molecule has 0 unspecified atom stereocenters. The molecule has 0 spiro atoms. The number of aliphatic hydroxyl groups is 1. The molecule has 0 aliphatic heterocycles.